The van der Waals surface area contributed by atoms with Crippen molar-refractivity contribution in [1.29, 1.82) is 0 Å². The monoisotopic (exact) mass is 364 g/mol. The van der Waals surface area contributed by atoms with E-state index in [1.54, 1.807) is 0 Å². The molecule has 1 aliphatic rings. The third-order valence-electron chi connectivity index (χ3n) is 3.85. The molecule has 0 bridgehead atoms. The number of nitrogens with zero attached hydrogens (tertiary/aromatic N) is 1. The van der Waals surface area contributed by atoms with Crippen LogP contribution in [-0.2, 0) is 6.42 Å². The maximum Gasteiger partial charge on any atom is 0.0568 e. The zero-order valence-corrected chi connectivity index (χ0v) is 14.1. The number of benzene rings is 2. The fourth-order valence-electron chi connectivity index (χ4n) is 2.78. The maximum atomic E-state index is 6.21. The van der Waals surface area contributed by atoms with Gasteiger partial charge in [0.2, 0.25) is 0 Å². The van der Waals surface area contributed by atoms with Crippen LogP contribution in [0.1, 0.15) is 5.56 Å². The Bertz CT molecular complexity index is 603. The highest BCUT2D eigenvalue weighted by Gasteiger charge is 2.20. The summed E-state index contributed by atoms with van der Waals surface area (Å²) < 4.78 is 0.948. The second kappa shape index (κ2) is 6.82. The summed E-state index contributed by atoms with van der Waals surface area (Å²) in [5, 5.41) is 4.38. The van der Waals surface area contributed by atoms with E-state index in [1.807, 2.05) is 12.1 Å². The first kappa shape index (κ1) is 14.9. The zero-order valence-electron chi connectivity index (χ0n) is 11.7. The van der Waals surface area contributed by atoms with Crippen LogP contribution in [0.3, 0.4) is 0 Å². The number of hydrogen-bond donors (Lipinski definition) is 1. The summed E-state index contributed by atoms with van der Waals surface area (Å²) >= 11 is 9.66. The molecule has 1 N–H and O–H groups in total. The lowest BCUT2D eigenvalue weighted by atomic mass is 10.0. The number of rotatable bonds is 3. The number of nitrogens with one attached hydrogen (secondary N) is 1. The van der Waals surface area contributed by atoms with Crippen molar-refractivity contribution < 1.29 is 0 Å². The van der Waals surface area contributed by atoms with Crippen molar-refractivity contribution in [3.63, 3.8) is 0 Å². The predicted octanol–water partition coefficient (Wildman–Crippen LogP) is 4.12. The molecule has 0 amide bonds. The van der Waals surface area contributed by atoms with Gasteiger partial charge in [-0.05, 0) is 46.1 Å². The van der Waals surface area contributed by atoms with Crippen molar-refractivity contribution in [3.05, 3.63) is 63.6 Å². The average Bonchev–Trinajstić information content (AvgIpc) is 2.51. The Balaban J connectivity index is 1.69. The van der Waals surface area contributed by atoms with Gasteiger partial charge < -0.3 is 10.2 Å². The fraction of sp³-hybridized carbons (Fsp3) is 0.294. The van der Waals surface area contributed by atoms with E-state index in [2.05, 4.69) is 62.5 Å². The Morgan fingerprint density at radius 3 is 2.76 bits per heavy atom. The molecule has 0 spiro atoms. The highest BCUT2D eigenvalue weighted by atomic mass is 79.9. The van der Waals surface area contributed by atoms with E-state index in [0.29, 0.717) is 6.04 Å². The highest BCUT2D eigenvalue weighted by molar-refractivity contribution is 9.10. The molecule has 1 heterocycles. The highest BCUT2D eigenvalue weighted by Crippen LogP contribution is 2.28. The molecule has 3 rings (SSSR count). The average molecular weight is 366 g/mol. The summed E-state index contributed by atoms with van der Waals surface area (Å²) in [6.45, 7) is 3.03. The minimum absolute atomic E-state index is 0.476. The summed E-state index contributed by atoms with van der Waals surface area (Å²) in [6, 6.07) is 17.3. The molecular formula is C17H18BrClN2. The minimum atomic E-state index is 0.476. The lowest BCUT2D eigenvalue weighted by Gasteiger charge is -2.35. The van der Waals surface area contributed by atoms with Gasteiger partial charge in [-0.15, -0.1) is 0 Å². The number of halogens is 2. The van der Waals surface area contributed by atoms with Gasteiger partial charge >= 0.3 is 0 Å². The fourth-order valence-corrected chi connectivity index (χ4v) is 3.20. The first-order valence-corrected chi connectivity index (χ1v) is 8.37. The van der Waals surface area contributed by atoms with E-state index in [-0.39, 0.29) is 0 Å². The van der Waals surface area contributed by atoms with Crippen LogP contribution in [-0.4, -0.2) is 25.7 Å². The lowest BCUT2D eigenvalue weighted by molar-refractivity contribution is 0.455. The molecule has 21 heavy (non-hydrogen) atoms. The lowest BCUT2D eigenvalue weighted by Crippen LogP contribution is -2.51. The summed E-state index contributed by atoms with van der Waals surface area (Å²) in [5.41, 5.74) is 2.58. The Labute approximate surface area is 139 Å². The van der Waals surface area contributed by atoms with E-state index in [1.165, 1.54) is 11.3 Å². The topological polar surface area (TPSA) is 15.3 Å². The molecule has 2 aromatic rings. The molecule has 1 saturated heterocycles. The SMILES string of the molecule is Clc1cc(N2CCNC(Cc3ccccc3)C2)ccc1Br. The van der Waals surface area contributed by atoms with Crippen molar-refractivity contribution in [2.75, 3.05) is 24.5 Å². The van der Waals surface area contributed by atoms with Crippen molar-refractivity contribution in [2.45, 2.75) is 12.5 Å². The van der Waals surface area contributed by atoms with Gasteiger partial charge in [0.15, 0.2) is 0 Å². The predicted molar refractivity (Wildman–Crippen MR) is 93.3 cm³/mol. The maximum absolute atomic E-state index is 6.21. The second-order valence-corrected chi connectivity index (χ2v) is 6.65. The van der Waals surface area contributed by atoms with Gasteiger partial charge in [-0.25, -0.2) is 0 Å². The summed E-state index contributed by atoms with van der Waals surface area (Å²) in [5.74, 6) is 0. The third kappa shape index (κ3) is 3.79. The van der Waals surface area contributed by atoms with Gasteiger partial charge in [0, 0.05) is 35.8 Å². The van der Waals surface area contributed by atoms with E-state index in [4.69, 9.17) is 11.6 Å². The molecule has 2 nitrogen and oxygen atoms in total. The van der Waals surface area contributed by atoms with Crippen LogP contribution in [0.4, 0.5) is 5.69 Å². The van der Waals surface area contributed by atoms with Crippen molar-refractivity contribution in [2.24, 2.45) is 0 Å². The first-order chi connectivity index (χ1) is 10.2. The molecule has 1 unspecified atom stereocenters. The summed E-state index contributed by atoms with van der Waals surface area (Å²) in [7, 11) is 0. The molecule has 110 valence electrons. The van der Waals surface area contributed by atoms with E-state index >= 15 is 0 Å². The normalized spacial score (nSPS) is 18.8. The smallest absolute Gasteiger partial charge is 0.0568 e. The summed E-state index contributed by atoms with van der Waals surface area (Å²) in [4.78, 5) is 2.41. The zero-order chi connectivity index (χ0) is 14.7. The van der Waals surface area contributed by atoms with E-state index < -0.39 is 0 Å². The van der Waals surface area contributed by atoms with Gasteiger partial charge in [-0.3, -0.25) is 0 Å². The van der Waals surface area contributed by atoms with Gasteiger partial charge in [0.25, 0.3) is 0 Å². The summed E-state index contributed by atoms with van der Waals surface area (Å²) in [6.07, 6.45) is 1.06. The van der Waals surface area contributed by atoms with Crippen LogP contribution in [0, 0.1) is 0 Å². The molecule has 0 aromatic heterocycles. The van der Waals surface area contributed by atoms with Crippen LogP contribution in [0.2, 0.25) is 5.02 Å². The molecule has 1 atom stereocenters. The number of hydrogen-bond acceptors (Lipinski definition) is 2. The van der Waals surface area contributed by atoms with Crippen LogP contribution < -0.4 is 10.2 Å². The molecule has 2 aromatic carbocycles. The Morgan fingerprint density at radius 1 is 1.19 bits per heavy atom. The molecule has 1 aliphatic heterocycles. The van der Waals surface area contributed by atoms with Crippen molar-refractivity contribution >= 4 is 33.2 Å². The Morgan fingerprint density at radius 2 is 2.00 bits per heavy atom. The largest absolute Gasteiger partial charge is 0.369 e. The number of piperazine rings is 1. The standard InChI is InChI=1S/C17H18BrClN2/c18-16-7-6-15(11-17(16)19)21-9-8-20-14(12-21)10-13-4-2-1-3-5-13/h1-7,11,14,20H,8-10,12H2. The molecule has 0 radical (unpaired) electrons. The second-order valence-electron chi connectivity index (χ2n) is 5.39. The van der Waals surface area contributed by atoms with Crippen LogP contribution >= 0.6 is 27.5 Å². The van der Waals surface area contributed by atoms with Crippen molar-refractivity contribution in [1.82, 2.24) is 5.32 Å². The Kier molecular flexibility index (Phi) is 4.84. The van der Waals surface area contributed by atoms with Crippen molar-refractivity contribution in [3.8, 4) is 0 Å². The van der Waals surface area contributed by atoms with Gasteiger partial charge in [-0.1, -0.05) is 41.9 Å². The van der Waals surface area contributed by atoms with Gasteiger partial charge in [0.05, 0.1) is 5.02 Å². The third-order valence-corrected chi connectivity index (χ3v) is 5.08. The van der Waals surface area contributed by atoms with Gasteiger partial charge in [-0.2, -0.15) is 0 Å². The molecule has 4 heteroatoms. The quantitative estimate of drug-likeness (QED) is 0.880. The van der Waals surface area contributed by atoms with E-state index in [9.17, 15) is 0 Å². The Hall–Kier alpha value is -1.03. The molecule has 1 fully saturated rings. The van der Waals surface area contributed by atoms with E-state index in [0.717, 1.165) is 35.6 Å². The van der Waals surface area contributed by atoms with Gasteiger partial charge in [0.1, 0.15) is 0 Å². The molecular weight excluding hydrogens is 348 g/mol. The minimum Gasteiger partial charge on any atom is -0.369 e. The molecule has 0 saturated carbocycles. The first-order valence-electron chi connectivity index (χ1n) is 7.20. The van der Waals surface area contributed by atoms with Crippen LogP contribution in [0.5, 0.6) is 0 Å². The number of anilines is 1. The van der Waals surface area contributed by atoms with Crippen LogP contribution in [0.15, 0.2) is 53.0 Å². The van der Waals surface area contributed by atoms with Crippen LogP contribution in [0.25, 0.3) is 0 Å². The molecule has 0 aliphatic carbocycles.